The minimum Gasteiger partial charge on any atom is -0.336 e. The molecule has 3 N–H and O–H groups in total. The van der Waals surface area contributed by atoms with Gasteiger partial charge in [-0.2, -0.15) is 9.49 Å². The van der Waals surface area contributed by atoms with E-state index in [1.165, 1.54) is 18.6 Å². The number of thiophene rings is 1. The van der Waals surface area contributed by atoms with E-state index in [0.29, 0.717) is 55.3 Å². The molecule has 0 aliphatic heterocycles. The third-order valence-electron chi connectivity index (χ3n) is 7.38. The highest BCUT2D eigenvalue weighted by Gasteiger charge is 2.22. The van der Waals surface area contributed by atoms with Gasteiger partial charge >= 0.3 is 0 Å². The molecule has 11 heteroatoms. The number of carbonyl (C=O) groups excluding carboxylic acids is 1. The number of benzene rings is 1. The van der Waals surface area contributed by atoms with Crippen molar-refractivity contribution in [2.75, 3.05) is 5.32 Å². The second kappa shape index (κ2) is 9.91. The molecule has 1 aliphatic carbocycles. The number of aromatic nitrogens is 6. The highest BCUT2D eigenvalue weighted by atomic mass is 32.1. The van der Waals surface area contributed by atoms with Crippen LogP contribution < -0.4 is 5.32 Å². The number of fused-ring (bicyclic) bond motifs is 2. The molecule has 0 unspecified atom stereocenters. The lowest BCUT2D eigenvalue weighted by molar-refractivity contribution is -0.120. The summed E-state index contributed by atoms with van der Waals surface area (Å²) in [5.74, 6) is 0.000788. The van der Waals surface area contributed by atoms with Gasteiger partial charge in [0.25, 0.3) is 0 Å². The smallest absolute Gasteiger partial charge is 0.227 e. The van der Waals surface area contributed by atoms with E-state index in [-0.39, 0.29) is 17.0 Å². The molecule has 0 spiro atoms. The molecule has 1 aliphatic rings. The zero-order chi connectivity index (χ0) is 27.2. The van der Waals surface area contributed by atoms with Crippen LogP contribution in [0.2, 0.25) is 0 Å². The van der Waals surface area contributed by atoms with Crippen LogP contribution in [0, 0.1) is 16.9 Å². The molecule has 6 aromatic rings. The number of H-pyrrole nitrogens is 2. The first-order valence-electron chi connectivity index (χ1n) is 13.1. The van der Waals surface area contributed by atoms with Gasteiger partial charge < -0.3 is 10.3 Å². The molecule has 40 heavy (non-hydrogen) atoms. The molecule has 0 radical (unpaired) electrons. The predicted molar refractivity (Wildman–Crippen MR) is 151 cm³/mol. The van der Waals surface area contributed by atoms with Gasteiger partial charge in [0.1, 0.15) is 22.7 Å². The Balaban J connectivity index is 1.25. The average molecular weight is 556 g/mol. The summed E-state index contributed by atoms with van der Waals surface area (Å²) >= 11 is 1.00. The van der Waals surface area contributed by atoms with Gasteiger partial charge in [-0.15, -0.1) is 11.3 Å². The third-order valence-corrected chi connectivity index (χ3v) is 8.26. The number of anilines is 1. The van der Waals surface area contributed by atoms with Crippen LogP contribution in [0.15, 0.2) is 55.0 Å². The summed E-state index contributed by atoms with van der Waals surface area (Å²) in [6, 6.07) is 9.69. The average Bonchev–Trinajstić information content (AvgIpc) is 3.70. The maximum Gasteiger partial charge on any atom is 0.227 e. The van der Waals surface area contributed by atoms with Crippen LogP contribution >= 0.6 is 11.3 Å². The van der Waals surface area contributed by atoms with Crippen LogP contribution in [-0.2, 0) is 4.79 Å². The lowest BCUT2D eigenvalue weighted by atomic mass is 9.88. The number of halogens is 2. The van der Waals surface area contributed by atoms with Crippen molar-refractivity contribution < 1.29 is 13.6 Å². The van der Waals surface area contributed by atoms with Crippen LogP contribution in [-0.4, -0.2) is 36.0 Å². The fourth-order valence-corrected chi connectivity index (χ4v) is 6.10. The van der Waals surface area contributed by atoms with E-state index in [9.17, 15) is 9.18 Å². The molecule has 5 aromatic heterocycles. The molecule has 5 heterocycles. The second-order valence-electron chi connectivity index (χ2n) is 9.98. The lowest BCUT2D eigenvalue weighted by Crippen LogP contribution is -2.24. The monoisotopic (exact) mass is 555 g/mol. The van der Waals surface area contributed by atoms with Crippen LogP contribution in [0.25, 0.3) is 55.2 Å². The fraction of sp³-hybridized carbons (Fsp3) is 0.207. The van der Waals surface area contributed by atoms with E-state index < -0.39 is 5.82 Å². The maximum atomic E-state index is 15.3. The number of imidazole rings is 1. The number of carbonyl (C=O) groups is 1. The number of hydrogen-bond acceptors (Lipinski definition) is 6. The number of amides is 1. The Hall–Kier alpha value is -4.51. The molecular formula is C29H23F2N7OS. The topological polar surface area (TPSA) is 112 Å². The molecule has 1 amide bonds. The molecule has 0 saturated heterocycles. The third kappa shape index (κ3) is 4.41. The lowest BCUT2D eigenvalue weighted by Gasteiger charge is -2.20. The van der Waals surface area contributed by atoms with Gasteiger partial charge in [0.05, 0.1) is 27.8 Å². The summed E-state index contributed by atoms with van der Waals surface area (Å²) in [4.78, 5) is 30.1. The van der Waals surface area contributed by atoms with Crippen molar-refractivity contribution in [1.82, 2.24) is 30.1 Å². The molecule has 1 fully saturated rings. The Kier molecular flexibility index (Phi) is 6.07. The standard InChI is InChI=1S/C29H23F2N7OS/c30-20-12-22-19(11-18(20)16-10-17(14-32-13-16)34-29(39)15-4-2-1-3-5-15)25(38-37-22)28-35-21-8-9-33-27(26(21)36-28)23-6-7-24(31)40-23/h6-15H,1-5H2,(H,34,39)(H,35,36)(H,37,38). The highest BCUT2D eigenvalue weighted by molar-refractivity contribution is 7.13. The molecule has 0 bridgehead atoms. The van der Waals surface area contributed by atoms with E-state index in [4.69, 9.17) is 4.98 Å². The Morgan fingerprint density at radius 2 is 1.88 bits per heavy atom. The van der Waals surface area contributed by atoms with E-state index in [0.717, 1.165) is 42.5 Å². The Morgan fingerprint density at radius 3 is 2.70 bits per heavy atom. The summed E-state index contributed by atoms with van der Waals surface area (Å²) in [5.41, 5.74) is 4.27. The quantitative estimate of drug-likeness (QED) is 0.210. The number of pyridine rings is 2. The number of rotatable bonds is 5. The van der Waals surface area contributed by atoms with E-state index in [2.05, 4.69) is 30.5 Å². The van der Waals surface area contributed by atoms with E-state index in [1.807, 2.05) is 0 Å². The zero-order valence-electron chi connectivity index (χ0n) is 21.2. The summed E-state index contributed by atoms with van der Waals surface area (Å²) < 4.78 is 29.0. The Morgan fingerprint density at radius 1 is 1.00 bits per heavy atom. The first-order valence-corrected chi connectivity index (χ1v) is 13.9. The van der Waals surface area contributed by atoms with Crippen LogP contribution in [0.3, 0.4) is 0 Å². The van der Waals surface area contributed by atoms with Crippen molar-refractivity contribution in [3.8, 4) is 33.2 Å². The number of aromatic amines is 2. The maximum absolute atomic E-state index is 15.3. The SMILES string of the molecule is O=C(Nc1cncc(-c2cc3c(-c4nc5c(-c6ccc(F)s6)nccc5[nH]4)n[nH]c3cc2F)c1)C1CCCCC1. The minimum absolute atomic E-state index is 0.00246. The van der Waals surface area contributed by atoms with Crippen molar-refractivity contribution in [3.05, 3.63) is 65.9 Å². The molecule has 0 atom stereocenters. The molecule has 1 aromatic carbocycles. The van der Waals surface area contributed by atoms with Crippen LogP contribution in [0.4, 0.5) is 14.5 Å². The first-order chi connectivity index (χ1) is 19.5. The first kappa shape index (κ1) is 24.5. The molecular weight excluding hydrogens is 532 g/mol. The predicted octanol–water partition coefficient (Wildman–Crippen LogP) is 7.09. The summed E-state index contributed by atoms with van der Waals surface area (Å²) in [5, 5.41) is 10.6. The highest BCUT2D eigenvalue weighted by Crippen LogP contribution is 2.35. The van der Waals surface area contributed by atoms with E-state index >= 15 is 4.39 Å². The molecule has 8 nitrogen and oxygen atoms in total. The number of nitrogens with one attached hydrogen (secondary N) is 3. The van der Waals surface area contributed by atoms with Crippen molar-refractivity contribution in [1.29, 1.82) is 0 Å². The largest absolute Gasteiger partial charge is 0.336 e. The number of nitrogens with zero attached hydrogens (tertiary/aromatic N) is 4. The van der Waals surface area contributed by atoms with Crippen LogP contribution in [0.5, 0.6) is 0 Å². The van der Waals surface area contributed by atoms with Gasteiger partial charge in [-0.25, -0.2) is 9.37 Å². The van der Waals surface area contributed by atoms with Gasteiger partial charge in [0.15, 0.2) is 11.0 Å². The van der Waals surface area contributed by atoms with Gasteiger partial charge in [-0.1, -0.05) is 19.3 Å². The van der Waals surface area contributed by atoms with Crippen LogP contribution in [0.1, 0.15) is 32.1 Å². The molecule has 7 rings (SSSR count). The summed E-state index contributed by atoms with van der Waals surface area (Å²) in [6.45, 7) is 0. The van der Waals surface area contributed by atoms with Crippen molar-refractivity contribution in [2.24, 2.45) is 5.92 Å². The van der Waals surface area contributed by atoms with Gasteiger partial charge in [-0.3, -0.25) is 19.9 Å². The van der Waals surface area contributed by atoms with Gasteiger partial charge in [0.2, 0.25) is 5.91 Å². The Labute approximate surface area is 230 Å². The van der Waals surface area contributed by atoms with Crippen molar-refractivity contribution in [2.45, 2.75) is 32.1 Å². The van der Waals surface area contributed by atoms with Gasteiger partial charge in [0, 0.05) is 40.9 Å². The normalized spacial score (nSPS) is 14.2. The summed E-state index contributed by atoms with van der Waals surface area (Å²) in [6.07, 6.45) is 9.84. The minimum atomic E-state index is -0.448. The van der Waals surface area contributed by atoms with E-state index in [1.54, 1.807) is 42.9 Å². The second-order valence-corrected chi connectivity index (χ2v) is 11.0. The van der Waals surface area contributed by atoms with Gasteiger partial charge in [-0.05, 0) is 43.2 Å². The fourth-order valence-electron chi connectivity index (χ4n) is 5.37. The molecule has 1 saturated carbocycles. The summed E-state index contributed by atoms with van der Waals surface area (Å²) in [7, 11) is 0. The molecule has 200 valence electrons. The zero-order valence-corrected chi connectivity index (χ0v) is 22.0. The Bertz CT molecular complexity index is 1890. The van der Waals surface area contributed by atoms with Crippen molar-refractivity contribution >= 4 is 44.9 Å². The van der Waals surface area contributed by atoms with Crippen molar-refractivity contribution in [3.63, 3.8) is 0 Å². The number of hydrogen-bond donors (Lipinski definition) is 3.